The van der Waals surface area contributed by atoms with Crippen LogP contribution in [-0.4, -0.2) is 50.3 Å². The van der Waals surface area contributed by atoms with E-state index in [1.807, 2.05) is 35.2 Å². The van der Waals surface area contributed by atoms with Crippen molar-refractivity contribution in [3.8, 4) is 0 Å². The predicted octanol–water partition coefficient (Wildman–Crippen LogP) is 3.50. The van der Waals surface area contributed by atoms with Crippen LogP contribution in [0.3, 0.4) is 0 Å². The lowest BCUT2D eigenvalue weighted by atomic mass is 9.73. The van der Waals surface area contributed by atoms with Gasteiger partial charge in [0.05, 0.1) is 12.7 Å². The minimum absolute atomic E-state index is 0.0640. The summed E-state index contributed by atoms with van der Waals surface area (Å²) >= 11 is 0. The normalized spacial score (nSPS) is 26.4. The van der Waals surface area contributed by atoms with Crippen LogP contribution in [-0.2, 0) is 9.47 Å². The van der Waals surface area contributed by atoms with Gasteiger partial charge in [-0.2, -0.15) is 0 Å². The van der Waals surface area contributed by atoms with Gasteiger partial charge in [0, 0.05) is 37.8 Å². The Morgan fingerprint density at radius 3 is 3.00 bits per heavy atom. The third-order valence-electron chi connectivity index (χ3n) is 5.73. The number of hydrogen-bond acceptors (Lipinski definition) is 3. The molecule has 2 aromatic carbocycles. The highest BCUT2D eigenvalue weighted by Crippen LogP contribution is 2.41. The summed E-state index contributed by atoms with van der Waals surface area (Å²) in [7, 11) is 1.74. The Labute approximate surface area is 148 Å². The van der Waals surface area contributed by atoms with Crippen molar-refractivity contribution in [2.75, 3.05) is 33.4 Å². The van der Waals surface area contributed by atoms with Gasteiger partial charge in [-0.25, -0.2) is 0 Å². The minimum Gasteiger partial charge on any atom is -0.384 e. The molecule has 132 valence electrons. The lowest BCUT2D eigenvalue weighted by Crippen LogP contribution is -2.58. The van der Waals surface area contributed by atoms with E-state index in [1.165, 1.54) is 0 Å². The minimum atomic E-state index is -0.0640. The number of likely N-dealkylation sites (tertiary alicyclic amines) is 1. The molecular weight excluding hydrogens is 314 g/mol. The third-order valence-corrected chi connectivity index (χ3v) is 5.73. The lowest BCUT2D eigenvalue weighted by molar-refractivity contribution is -0.142. The molecule has 2 aliphatic heterocycles. The second-order valence-electron chi connectivity index (χ2n) is 7.30. The number of ether oxygens (including phenoxy) is 2. The monoisotopic (exact) mass is 339 g/mol. The van der Waals surface area contributed by atoms with Gasteiger partial charge in [0.2, 0.25) is 0 Å². The van der Waals surface area contributed by atoms with Crippen LogP contribution >= 0.6 is 0 Å². The van der Waals surface area contributed by atoms with E-state index >= 15 is 0 Å². The summed E-state index contributed by atoms with van der Waals surface area (Å²) < 4.78 is 11.6. The van der Waals surface area contributed by atoms with Crippen molar-refractivity contribution in [1.29, 1.82) is 0 Å². The van der Waals surface area contributed by atoms with Crippen molar-refractivity contribution in [3.05, 3.63) is 48.0 Å². The summed E-state index contributed by atoms with van der Waals surface area (Å²) in [6.07, 6.45) is 3.19. The maximum Gasteiger partial charge on any atom is 0.254 e. The number of carbonyl (C=O) groups is 1. The highest BCUT2D eigenvalue weighted by Gasteiger charge is 2.47. The second-order valence-corrected chi connectivity index (χ2v) is 7.30. The Kier molecular flexibility index (Phi) is 4.48. The Bertz CT molecular complexity index is 765. The van der Waals surface area contributed by atoms with Crippen molar-refractivity contribution in [2.24, 2.45) is 5.41 Å². The van der Waals surface area contributed by atoms with E-state index in [2.05, 4.69) is 12.1 Å². The Morgan fingerprint density at radius 1 is 1.28 bits per heavy atom. The maximum absolute atomic E-state index is 13.3. The van der Waals surface area contributed by atoms with Crippen LogP contribution in [0.15, 0.2) is 42.5 Å². The fourth-order valence-corrected chi connectivity index (χ4v) is 4.54. The molecule has 0 N–H and O–H groups in total. The summed E-state index contributed by atoms with van der Waals surface area (Å²) in [5.74, 6) is 0.122. The van der Waals surface area contributed by atoms with Crippen LogP contribution in [0.4, 0.5) is 0 Å². The van der Waals surface area contributed by atoms with Crippen molar-refractivity contribution >= 4 is 16.7 Å². The van der Waals surface area contributed by atoms with Crippen LogP contribution < -0.4 is 0 Å². The van der Waals surface area contributed by atoms with Gasteiger partial charge < -0.3 is 14.4 Å². The molecular formula is C21H25NO3. The molecule has 4 nitrogen and oxygen atoms in total. The highest BCUT2D eigenvalue weighted by molar-refractivity contribution is 6.07. The first-order chi connectivity index (χ1) is 12.2. The van der Waals surface area contributed by atoms with Gasteiger partial charge in [-0.15, -0.1) is 0 Å². The van der Waals surface area contributed by atoms with Crippen molar-refractivity contribution in [3.63, 3.8) is 0 Å². The Balaban J connectivity index is 1.64. The van der Waals surface area contributed by atoms with Gasteiger partial charge in [-0.1, -0.05) is 36.4 Å². The molecule has 4 rings (SSSR count). The second kappa shape index (κ2) is 6.77. The molecule has 4 heteroatoms. The first-order valence-corrected chi connectivity index (χ1v) is 9.11. The van der Waals surface area contributed by atoms with E-state index in [9.17, 15) is 4.79 Å². The number of rotatable bonds is 3. The molecule has 2 aromatic rings. The molecule has 2 heterocycles. The Hall–Kier alpha value is -1.91. The quantitative estimate of drug-likeness (QED) is 0.859. The Morgan fingerprint density at radius 2 is 2.12 bits per heavy atom. The van der Waals surface area contributed by atoms with Crippen LogP contribution in [0.2, 0.25) is 0 Å². The number of nitrogens with zero attached hydrogens (tertiary/aromatic N) is 1. The third kappa shape index (κ3) is 2.94. The number of piperidine rings is 1. The summed E-state index contributed by atoms with van der Waals surface area (Å²) in [4.78, 5) is 15.3. The van der Waals surface area contributed by atoms with E-state index < -0.39 is 0 Å². The van der Waals surface area contributed by atoms with Crippen molar-refractivity contribution < 1.29 is 14.3 Å². The van der Waals surface area contributed by atoms with E-state index in [0.29, 0.717) is 13.2 Å². The molecule has 2 aliphatic rings. The first-order valence-electron chi connectivity index (χ1n) is 9.11. The topological polar surface area (TPSA) is 38.8 Å². The number of hydrogen-bond donors (Lipinski definition) is 0. The predicted molar refractivity (Wildman–Crippen MR) is 97.8 cm³/mol. The zero-order valence-corrected chi connectivity index (χ0v) is 14.7. The average molecular weight is 339 g/mol. The zero-order chi connectivity index (χ0) is 17.3. The standard InChI is InChI=1S/C21H25NO3/c1-24-15-21-11-5-13-25-19(21)10-12-22(14-21)20(23)18-9-4-7-16-6-2-3-8-17(16)18/h2-4,6-9,19H,5,10-15H2,1H3/t19-,21+/m1/s1. The van der Waals surface area contributed by atoms with Crippen LogP contribution in [0, 0.1) is 5.41 Å². The molecule has 0 unspecified atom stereocenters. The highest BCUT2D eigenvalue weighted by atomic mass is 16.5. The van der Waals surface area contributed by atoms with E-state index in [1.54, 1.807) is 7.11 Å². The number of fused-ring (bicyclic) bond motifs is 2. The lowest BCUT2D eigenvalue weighted by Gasteiger charge is -2.50. The van der Waals surface area contributed by atoms with Gasteiger partial charge in [-0.05, 0) is 36.1 Å². The molecule has 0 aromatic heterocycles. The molecule has 1 amide bonds. The number of amides is 1. The smallest absolute Gasteiger partial charge is 0.254 e. The SMILES string of the molecule is COC[C@@]12CCCO[C@@H]1CCN(C(=O)c1cccc3ccccc13)C2. The van der Waals surface area contributed by atoms with E-state index in [0.717, 1.165) is 48.8 Å². The van der Waals surface area contributed by atoms with Crippen LogP contribution in [0.1, 0.15) is 29.6 Å². The molecule has 2 atom stereocenters. The van der Waals surface area contributed by atoms with Crippen LogP contribution in [0.5, 0.6) is 0 Å². The summed E-state index contributed by atoms with van der Waals surface area (Å²) in [5.41, 5.74) is 0.728. The van der Waals surface area contributed by atoms with Crippen LogP contribution in [0.25, 0.3) is 10.8 Å². The largest absolute Gasteiger partial charge is 0.384 e. The molecule has 25 heavy (non-hydrogen) atoms. The van der Waals surface area contributed by atoms with E-state index in [-0.39, 0.29) is 17.4 Å². The molecule has 0 bridgehead atoms. The van der Waals surface area contributed by atoms with Gasteiger partial charge in [0.1, 0.15) is 0 Å². The fourth-order valence-electron chi connectivity index (χ4n) is 4.54. The molecule has 2 saturated heterocycles. The van der Waals surface area contributed by atoms with Gasteiger partial charge >= 0.3 is 0 Å². The summed E-state index contributed by atoms with van der Waals surface area (Å²) in [5, 5.41) is 2.13. The van der Waals surface area contributed by atoms with Gasteiger partial charge in [0.25, 0.3) is 5.91 Å². The van der Waals surface area contributed by atoms with Crippen molar-refractivity contribution in [1.82, 2.24) is 4.90 Å². The molecule has 2 fully saturated rings. The molecule has 0 spiro atoms. The summed E-state index contributed by atoms with van der Waals surface area (Å²) in [6.45, 7) is 2.94. The molecule has 0 radical (unpaired) electrons. The maximum atomic E-state index is 13.3. The van der Waals surface area contributed by atoms with Gasteiger partial charge in [-0.3, -0.25) is 4.79 Å². The first kappa shape index (κ1) is 16.6. The average Bonchev–Trinajstić information content (AvgIpc) is 2.66. The molecule has 0 saturated carbocycles. The van der Waals surface area contributed by atoms with E-state index in [4.69, 9.17) is 9.47 Å². The molecule has 0 aliphatic carbocycles. The zero-order valence-electron chi connectivity index (χ0n) is 14.7. The van der Waals surface area contributed by atoms with Gasteiger partial charge in [0.15, 0.2) is 0 Å². The van der Waals surface area contributed by atoms with Crippen molar-refractivity contribution in [2.45, 2.75) is 25.4 Å². The fraction of sp³-hybridized carbons (Fsp3) is 0.476. The number of benzene rings is 2. The summed E-state index contributed by atoms with van der Waals surface area (Å²) in [6, 6.07) is 14.1. The number of methoxy groups -OCH3 is 1. The number of carbonyl (C=O) groups excluding carboxylic acids is 1.